The zero-order valence-electron chi connectivity index (χ0n) is 14.1. The first-order chi connectivity index (χ1) is 11.7. The van der Waals surface area contributed by atoms with Gasteiger partial charge in [-0.3, -0.25) is 4.79 Å². The Morgan fingerprint density at radius 1 is 1.38 bits per heavy atom. The second-order valence-electron chi connectivity index (χ2n) is 6.29. The molecule has 128 valence electrons. The Labute approximate surface area is 142 Å². The third kappa shape index (κ3) is 3.42. The Morgan fingerprint density at radius 2 is 2.25 bits per heavy atom. The molecule has 1 unspecified atom stereocenters. The summed E-state index contributed by atoms with van der Waals surface area (Å²) in [6.45, 7) is 4.47. The van der Waals surface area contributed by atoms with Crippen molar-refractivity contribution in [2.75, 3.05) is 13.1 Å². The number of hydrogen-bond donors (Lipinski definition) is 1. The SMILES string of the molecule is CCCCn1ccnc1C1CCCN(C(=O)c2ncccc2O)C1. The van der Waals surface area contributed by atoms with Gasteiger partial charge in [-0.2, -0.15) is 0 Å². The highest BCUT2D eigenvalue weighted by atomic mass is 16.3. The van der Waals surface area contributed by atoms with Crippen LogP contribution in [0.2, 0.25) is 0 Å². The molecule has 1 saturated heterocycles. The van der Waals surface area contributed by atoms with Crippen LogP contribution >= 0.6 is 0 Å². The highest BCUT2D eigenvalue weighted by Crippen LogP contribution is 2.28. The second-order valence-corrected chi connectivity index (χ2v) is 6.29. The van der Waals surface area contributed by atoms with Gasteiger partial charge in [-0.15, -0.1) is 0 Å². The fraction of sp³-hybridized carbons (Fsp3) is 0.500. The van der Waals surface area contributed by atoms with Gasteiger partial charge in [-0.1, -0.05) is 13.3 Å². The number of piperidine rings is 1. The van der Waals surface area contributed by atoms with Crippen molar-refractivity contribution in [2.45, 2.75) is 45.1 Å². The maximum Gasteiger partial charge on any atom is 0.276 e. The average molecular weight is 328 g/mol. The smallest absolute Gasteiger partial charge is 0.276 e. The van der Waals surface area contributed by atoms with Crippen molar-refractivity contribution in [1.29, 1.82) is 0 Å². The normalized spacial score (nSPS) is 17.9. The van der Waals surface area contributed by atoms with E-state index in [1.54, 1.807) is 11.0 Å². The van der Waals surface area contributed by atoms with Crippen molar-refractivity contribution in [3.63, 3.8) is 0 Å². The maximum absolute atomic E-state index is 12.7. The Morgan fingerprint density at radius 3 is 3.04 bits per heavy atom. The van der Waals surface area contributed by atoms with E-state index in [9.17, 15) is 9.90 Å². The number of pyridine rings is 1. The van der Waals surface area contributed by atoms with E-state index in [0.717, 1.165) is 38.1 Å². The molecule has 1 N–H and O–H groups in total. The van der Waals surface area contributed by atoms with E-state index in [4.69, 9.17) is 0 Å². The number of aromatic hydroxyl groups is 1. The minimum Gasteiger partial charge on any atom is -0.505 e. The minimum absolute atomic E-state index is 0.0610. The van der Waals surface area contributed by atoms with Crippen molar-refractivity contribution < 1.29 is 9.90 Å². The van der Waals surface area contributed by atoms with Crippen LogP contribution in [0.15, 0.2) is 30.7 Å². The van der Waals surface area contributed by atoms with Crippen LogP contribution in [0.25, 0.3) is 0 Å². The van der Waals surface area contributed by atoms with Crippen molar-refractivity contribution >= 4 is 5.91 Å². The lowest BCUT2D eigenvalue weighted by Crippen LogP contribution is -2.40. The first-order valence-electron chi connectivity index (χ1n) is 8.65. The van der Waals surface area contributed by atoms with Gasteiger partial charge in [-0.05, 0) is 31.4 Å². The number of amides is 1. The molecule has 3 rings (SSSR count). The van der Waals surface area contributed by atoms with E-state index >= 15 is 0 Å². The van der Waals surface area contributed by atoms with Gasteiger partial charge in [0.1, 0.15) is 11.6 Å². The number of rotatable bonds is 5. The first kappa shape index (κ1) is 16.5. The fourth-order valence-electron chi connectivity index (χ4n) is 3.28. The van der Waals surface area contributed by atoms with Crippen molar-refractivity contribution in [3.8, 4) is 5.75 Å². The number of imidazole rings is 1. The van der Waals surface area contributed by atoms with E-state index in [1.807, 2.05) is 12.4 Å². The summed E-state index contributed by atoms with van der Waals surface area (Å²) >= 11 is 0. The molecule has 3 heterocycles. The van der Waals surface area contributed by atoms with Crippen molar-refractivity contribution in [2.24, 2.45) is 0 Å². The quantitative estimate of drug-likeness (QED) is 0.916. The zero-order chi connectivity index (χ0) is 16.9. The molecule has 1 aliphatic heterocycles. The monoisotopic (exact) mass is 328 g/mol. The molecule has 2 aromatic rings. The van der Waals surface area contributed by atoms with E-state index in [-0.39, 0.29) is 23.3 Å². The van der Waals surface area contributed by atoms with Gasteiger partial charge >= 0.3 is 0 Å². The third-order valence-electron chi connectivity index (χ3n) is 4.56. The van der Waals surface area contributed by atoms with Gasteiger partial charge in [0, 0.05) is 44.1 Å². The summed E-state index contributed by atoms with van der Waals surface area (Å²) in [6, 6.07) is 3.12. The Bertz CT molecular complexity index is 698. The van der Waals surface area contributed by atoms with Gasteiger partial charge in [0.15, 0.2) is 5.69 Å². The Balaban J connectivity index is 1.74. The maximum atomic E-state index is 12.7. The second kappa shape index (κ2) is 7.47. The lowest BCUT2D eigenvalue weighted by Gasteiger charge is -2.32. The minimum atomic E-state index is -0.204. The van der Waals surface area contributed by atoms with Crippen LogP contribution < -0.4 is 0 Å². The fourth-order valence-corrected chi connectivity index (χ4v) is 3.28. The summed E-state index contributed by atoms with van der Waals surface area (Å²) in [7, 11) is 0. The molecule has 0 bridgehead atoms. The number of carbonyl (C=O) groups is 1. The lowest BCUT2D eigenvalue weighted by atomic mass is 9.96. The molecule has 6 nitrogen and oxygen atoms in total. The highest BCUT2D eigenvalue weighted by molar-refractivity contribution is 5.94. The Hall–Kier alpha value is -2.37. The molecule has 0 saturated carbocycles. The predicted molar refractivity (Wildman–Crippen MR) is 90.9 cm³/mol. The van der Waals surface area contributed by atoms with Crippen LogP contribution in [-0.4, -0.2) is 43.5 Å². The summed E-state index contributed by atoms with van der Waals surface area (Å²) in [4.78, 5) is 23.0. The zero-order valence-corrected chi connectivity index (χ0v) is 14.1. The van der Waals surface area contributed by atoms with Gasteiger partial charge in [0.05, 0.1) is 0 Å². The summed E-state index contributed by atoms with van der Waals surface area (Å²) in [5.41, 5.74) is 0.132. The van der Waals surface area contributed by atoms with E-state index in [2.05, 4.69) is 21.5 Å². The van der Waals surface area contributed by atoms with E-state index in [1.165, 1.54) is 12.3 Å². The van der Waals surface area contributed by atoms with Crippen LogP contribution in [0.1, 0.15) is 54.8 Å². The third-order valence-corrected chi connectivity index (χ3v) is 4.56. The molecule has 0 aliphatic carbocycles. The highest BCUT2D eigenvalue weighted by Gasteiger charge is 2.29. The average Bonchev–Trinajstić information content (AvgIpc) is 3.08. The number of carbonyl (C=O) groups excluding carboxylic acids is 1. The van der Waals surface area contributed by atoms with Crippen molar-refractivity contribution in [1.82, 2.24) is 19.4 Å². The lowest BCUT2D eigenvalue weighted by molar-refractivity contribution is 0.0694. The molecular weight excluding hydrogens is 304 g/mol. The summed E-state index contributed by atoms with van der Waals surface area (Å²) in [6.07, 6.45) is 9.64. The molecule has 1 amide bonds. The molecule has 1 atom stereocenters. The van der Waals surface area contributed by atoms with Crippen LogP contribution in [-0.2, 0) is 6.54 Å². The number of aromatic nitrogens is 3. The summed E-state index contributed by atoms with van der Waals surface area (Å²) in [5, 5.41) is 9.88. The molecule has 1 fully saturated rings. The topological polar surface area (TPSA) is 71.2 Å². The Kier molecular flexibility index (Phi) is 5.13. The number of hydrogen-bond acceptors (Lipinski definition) is 4. The van der Waals surface area contributed by atoms with Crippen LogP contribution in [0.3, 0.4) is 0 Å². The molecule has 0 aromatic carbocycles. The van der Waals surface area contributed by atoms with Crippen LogP contribution in [0.4, 0.5) is 0 Å². The number of nitrogens with zero attached hydrogens (tertiary/aromatic N) is 4. The van der Waals surface area contributed by atoms with Gasteiger partial charge in [0.25, 0.3) is 5.91 Å². The van der Waals surface area contributed by atoms with Gasteiger partial charge in [0.2, 0.25) is 0 Å². The van der Waals surface area contributed by atoms with E-state index < -0.39 is 0 Å². The number of likely N-dealkylation sites (tertiary alicyclic amines) is 1. The largest absolute Gasteiger partial charge is 0.505 e. The van der Waals surface area contributed by atoms with E-state index in [0.29, 0.717) is 13.1 Å². The van der Waals surface area contributed by atoms with Gasteiger partial charge in [-0.25, -0.2) is 9.97 Å². The summed E-state index contributed by atoms with van der Waals surface area (Å²) in [5.74, 6) is 1.03. The van der Waals surface area contributed by atoms with Crippen molar-refractivity contribution in [3.05, 3.63) is 42.2 Å². The molecule has 0 radical (unpaired) electrons. The standard InChI is InChI=1S/C18H24N4O2/c1-2-3-10-21-12-9-20-17(21)14-6-5-11-22(13-14)18(24)16-15(23)7-4-8-19-16/h4,7-9,12,14,23H,2-3,5-6,10-11,13H2,1H3. The number of unbranched alkanes of at least 4 members (excludes halogenated alkanes) is 1. The predicted octanol–water partition coefficient (Wildman–Crippen LogP) is 2.80. The molecule has 2 aromatic heterocycles. The molecule has 6 heteroatoms. The molecule has 0 spiro atoms. The first-order valence-corrected chi connectivity index (χ1v) is 8.65. The van der Waals surface area contributed by atoms with Gasteiger partial charge < -0.3 is 14.6 Å². The number of aryl methyl sites for hydroxylation is 1. The van der Waals surface area contributed by atoms with Crippen LogP contribution in [0.5, 0.6) is 5.75 Å². The van der Waals surface area contributed by atoms with Crippen LogP contribution in [0, 0.1) is 0 Å². The molecular formula is C18H24N4O2. The molecule has 24 heavy (non-hydrogen) atoms. The molecule has 1 aliphatic rings. The summed E-state index contributed by atoms with van der Waals surface area (Å²) < 4.78 is 2.21.